The van der Waals surface area contributed by atoms with Gasteiger partial charge in [0, 0.05) is 18.0 Å². The van der Waals surface area contributed by atoms with Crippen LogP contribution in [0.2, 0.25) is 10.3 Å². The first-order chi connectivity index (χ1) is 9.69. The fourth-order valence-electron chi connectivity index (χ4n) is 2.04. The van der Waals surface area contributed by atoms with Crippen molar-refractivity contribution in [3.8, 4) is 11.5 Å². The molecule has 0 radical (unpaired) electrons. The number of fused-ring (bicyclic) bond motifs is 1. The highest BCUT2D eigenvalue weighted by atomic mass is 35.5. The van der Waals surface area contributed by atoms with Gasteiger partial charge in [-0.15, -0.1) is 0 Å². The second kappa shape index (κ2) is 5.38. The molecule has 0 saturated carbocycles. The van der Waals surface area contributed by atoms with Crippen molar-refractivity contribution in [2.75, 3.05) is 0 Å². The molecule has 0 fully saturated rings. The van der Waals surface area contributed by atoms with Gasteiger partial charge in [0.25, 0.3) is 0 Å². The Hall–Kier alpha value is -1.65. The maximum absolute atomic E-state index is 6.19. The number of aromatic nitrogens is 4. The van der Waals surface area contributed by atoms with E-state index in [4.69, 9.17) is 23.2 Å². The lowest BCUT2D eigenvalue weighted by atomic mass is 10.2. The molecule has 3 aromatic heterocycles. The third kappa shape index (κ3) is 2.37. The molecule has 4 nitrogen and oxygen atoms in total. The lowest BCUT2D eigenvalue weighted by molar-refractivity contribution is 0.902. The minimum absolute atomic E-state index is 0.402. The Morgan fingerprint density at radius 3 is 2.50 bits per heavy atom. The Kier molecular flexibility index (Phi) is 3.59. The van der Waals surface area contributed by atoms with E-state index in [1.165, 1.54) is 0 Å². The van der Waals surface area contributed by atoms with Gasteiger partial charge in [-0.2, -0.15) is 0 Å². The number of imidazole rings is 1. The average Bonchev–Trinajstić information content (AvgIpc) is 2.86. The monoisotopic (exact) mass is 306 g/mol. The molecule has 0 aliphatic carbocycles. The van der Waals surface area contributed by atoms with Crippen LogP contribution in [0.3, 0.4) is 0 Å². The Morgan fingerprint density at radius 2 is 1.85 bits per heavy atom. The third-order valence-corrected chi connectivity index (χ3v) is 3.62. The quantitative estimate of drug-likeness (QED) is 0.686. The molecule has 0 spiro atoms. The van der Waals surface area contributed by atoms with Crippen LogP contribution in [0.25, 0.3) is 17.2 Å². The van der Waals surface area contributed by atoms with E-state index in [1.54, 1.807) is 0 Å². The SMILES string of the molecule is CCCc1c(Cl)nc(-c2cn3ccccc3n2)nc1Cl. The summed E-state index contributed by atoms with van der Waals surface area (Å²) in [7, 11) is 0. The molecule has 0 N–H and O–H groups in total. The van der Waals surface area contributed by atoms with Gasteiger partial charge < -0.3 is 4.40 Å². The summed E-state index contributed by atoms with van der Waals surface area (Å²) < 4.78 is 1.90. The van der Waals surface area contributed by atoms with E-state index in [0.717, 1.165) is 24.1 Å². The van der Waals surface area contributed by atoms with Crippen molar-refractivity contribution in [1.82, 2.24) is 19.4 Å². The van der Waals surface area contributed by atoms with Gasteiger partial charge in [0.2, 0.25) is 0 Å². The van der Waals surface area contributed by atoms with E-state index < -0.39 is 0 Å². The lowest BCUT2D eigenvalue weighted by Crippen LogP contribution is -1.97. The van der Waals surface area contributed by atoms with Crippen LogP contribution >= 0.6 is 23.2 Å². The van der Waals surface area contributed by atoms with Gasteiger partial charge in [-0.3, -0.25) is 0 Å². The molecule has 3 rings (SSSR count). The van der Waals surface area contributed by atoms with Crippen LogP contribution < -0.4 is 0 Å². The standard InChI is InChI=1S/C14H12Cl2N4/c1-2-5-9-12(15)18-14(19-13(9)16)10-8-20-7-4-3-6-11(20)17-10/h3-4,6-8H,2,5H2,1H3. The van der Waals surface area contributed by atoms with Crippen LogP contribution in [-0.4, -0.2) is 19.4 Å². The van der Waals surface area contributed by atoms with E-state index in [9.17, 15) is 0 Å². The normalized spacial score (nSPS) is 11.2. The first-order valence-corrected chi connectivity index (χ1v) is 7.10. The lowest BCUT2D eigenvalue weighted by Gasteiger charge is -2.05. The first-order valence-electron chi connectivity index (χ1n) is 6.35. The number of hydrogen-bond donors (Lipinski definition) is 0. The molecule has 6 heteroatoms. The second-order valence-electron chi connectivity index (χ2n) is 4.45. The van der Waals surface area contributed by atoms with Crippen molar-refractivity contribution in [2.24, 2.45) is 0 Å². The summed E-state index contributed by atoms with van der Waals surface area (Å²) in [6, 6.07) is 5.78. The van der Waals surface area contributed by atoms with E-state index in [2.05, 4.69) is 21.9 Å². The van der Waals surface area contributed by atoms with Crippen LogP contribution in [0.15, 0.2) is 30.6 Å². The zero-order valence-electron chi connectivity index (χ0n) is 10.8. The highest BCUT2D eigenvalue weighted by Gasteiger charge is 2.14. The molecular formula is C14H12Cl2N4. The minimum atomic E-state index is 0.402. The second-order valence-corrected chi connectivity index (χ2v) is 5.17. The van der Waals surface area contributed by atoms with E-state index >= 15 is 0 Å². The van der Waals surface area contributed by atoms with Crippen LogP contribution in [0, 0.1) is 0 Å². The zero-order valence-corrected chi connectivity index (χ0v) is 12.4. The smallest absolute Gasteiger partial charge is 0.182 e. The minimum Gasteiger partial charge on any atom is -0.306 e. The van der Waals surface area contributed by atoms with Crippen molar-refractivity contribution in [3.63, 3.8) is 0 Å². The van der Waals surface area contributed by atoms with Crippen LogP contribution in [0.4, 0.5) is 0 Å². The van der Waals surface area contributed by atoms with Gasteiger partial charge in [-0.25, -0.2) is 15.0 Å². The van der Waals surface area contributed by atoms with Gasteiger partial charge in [0.05, 0.1) is 0 Å². The van der Waals surface area contributed by atoms with Crippen LogP contribution in [0.1, 0.15) is 18.9 Å². The molecule has 102 valence electrons. The van der Waals surface area contributed by atoms with E-state index in [0.29, 0.717) is 21.8 Å². The molecule has 0 atom stereocenters. The Labute approximate surface area is 126 Å². The molecule has 0 aromatic carbocycles. The summed E-state index contributed by atoms with van der Waals surface area (Å²) in [6.07, 6.45) is 5.48. The fourth-order valence-corrected chi connectivity index (χ4v) is 2.62. The molecule has 0 aliphatic heterocycles. The highest BCUT2D eigenvalue weighted by molar-refractivity contribution is 6.34. The third-order valence-electron chi connectivity index (χ3n) is 3.00. The predicted octanol–water partition coefficient (Wildman–Crippen LogP) is 4.05. The highest BCUT2D eigenvalue weighted by Crippen LogP contribution is 2.26. The largest absolute Gasteiger partial charge is 0.306 e. The van der Waals surface area contributed by atoms with E-state index in [-0.39, 0.29) is 0 Å². The van der Waals surface area contributed by atoms with Gasteiger partial charge in [0.1, 0.15) is 21.6 Å². The fraction of sp³-hybridized carbons (Fsp3) is 0.214. The first kappa shape index (κ1) is 13.3. The number of halogens is 2. The molecular weight excluding hydrogens is 295 g/mol. The van der Waals surface area contributed by atoms with Crippen molar-refractivity contribution in [1.29, 1.82) is 0 Å². The summed E-state index contributed by atoms with van der Waals surface area (Å²) in [5.41, 5.74) is 2.28. The van der Waals surface area contributed by atoms with Crippen molar-refractivity contribution in [2.45, 2.75) is 19.8 Å². The maximum atomic E-state index is 6.19. The van der Waals surface area contributed by atoms with Crippen LogP contribution in [0.5, 0.6) is 0 Å². The number of rotatable bonds is 3. The van der Waals surface area contributed by atoms with Crippen LogP contribution in [-0.2, 0) is 6.42 Å². The Balaban J connectivity index is 2.10. The Morgan fingerprint density at radius 1 is 1.10 bits per heavy atom. The Bertz CT molecular complexity index is 711. The maximum Gasteiger partial charge on any atom is 0.182 e. The average molecular weight is 307 g/mol. The number of hydrogen-bond acceptors (Lipinski definition) is 3. The molecule has 0 saturated heterocycles. The van der Waals surface area contributed by atoms with E-state index in [1.807, 2.05) is 35.0 Å². The summed E-state index contributed by atoms with van der Waals surface area (Å²) in [4.78, 5) is 13.1. The molecule has 3 aromatic rings. The number of nitrogens with zero attached hydrogens (tertiary/aromatic N) is 4. The van der Waals surface area contributed by atoms with Crippen molar-refractivity contribution in [3.05, 3.63) is 46.5 Å². The topological polar surface area (TPSA) is 43.1 Å². The zero-order chi connectivity index (χ0) is 14.1. The predicted molar refractivity (Wildman–Crippen MR) is 80.2 cm³/mol. The van der Waals surface area contributed by atoms with Crippen molar-refractivity contribution >= 4 is 28.8 Å². The summed E-state index contributed by atoms with van der Waals surface area (Å²) in [5, 5.41) is 0.804. The van der Waals surface area contributed by atoms with Gasteiger partial charge >= 0.3 is 0 Å². The summed E-state index contributed by atoms with van der Waals surface area (Å²) in [5.74, 6) is 0.448. The van der Waals surface area contributed by atoms with Gasteiger partial charge in [-0.05, 0) is 18.6 Å². The molecule has 0 aliphatic rings. The summed E-state index contributed by atoms with van der Waals surface area (Å²) >= 11 is 12.4. The molecule has 0 bridgehead atoms. The molecule has 3 heterocycles. The van der Waals surface area contributed by atoms with Crippen molar-refractivity contribution < 1.29 is 0 Å². The molecule has 20 heavy (non-hydrogen) atoms. The molecule has 0 amide bonds. The molecule has 0 unspecified atom stereocenters. The number of pyridine rings is 1. The van der Waals surface area contributed by atoms with Gasteiger partial charge in [-0.1, -0.05) is 42.6 Å². The van der Waals surface area contributed by atoms with Gasteiger partial charge in [0.15, 0.2) is 5.82 Å². The summed E-state index contributed by atoms with van der Waals surface area (Å²) in [6.45, 7) is 2.06.